The first-order valence-corrected chi connectivity index (χ1v) is 11.1. The van der Waals surface area contributed by atoms with E-state index in [1.165, 1.54) is 0 Å². The molecule has 0 heterocycles. The predicted molar refractivity (Wildman–Crippen MR) is 131 cm³/mol. The van der Waals surface area contributed by atoms with Gasteiger partial charge in [0.05, 0.1) is 6.04 Å². The van der Waals surface area contributed by atoms with Crippen LogP contribution in [0.3, 0.4) is 0 Å². The number of carbonyl (C=O) groups excluding carboxylic acids is 3. The zero-order valence-corrected chi connectivity index (χ0v) is 19.5. The minimum atomic E-state index is -0.767. The predicted octanol–water partition coefficient (Wildman–Crippen LogP) is 4.77. The second kappa shape index (κ2) is 11.7. The standard InChI is InChI=1S/C27H29N3O4/c1-19(28-27(33)34-18-21-11-6-4-7-12-21)26(32)30(3)20(2)23-15-10-16-24(17-23)29-25(31)22-13-8-5-9-14-22/h4-17,19-20H,18H2,1-3H3,(H,28,33)(H,29,31)/t19-,20+/m0/s1. The van der Waals surface area contributed by atoms with Gasteiger partial charge in [0.25, 0.3) is 5.91 Å². The fourth-order valence-electron chi connectivity index (χ4n) is 3.39. The molecule has 0 unspecified atom stereocenters. The Morgan fingerprint density at radius 3 is 2.21 bits per heavy atom. The third kappa shape index (κ3) is 6.68. The number of benzene rings is 3. The van der Waals surface area contributed by atoms with Crippen molar-refractivity contribution >= 4 is 23.6 Å². The largest absolute Gasteiger partial charge is 0.445 e. The van der Waals surface area contributed by atoms with Gasteiger partial charge in [-0.3, -0.25) is 9.59 Å². The molecule has 0 saturated carbocycles. The summed E-state index contributed by atoms with van der Waals surface area (Å²) in [5.74, 6) is -0.468. The summed E-state index contributed by atoms with van der Waals surface area (Å²) in [6.45, 7) is 3.63. The van der Waals surface area contributed by atoms with E-state index in [2.05, 4.69) is 10.6 Å². The zero-order valence-electron chi connectivity index (χ0n) is 19.5. The number of rotatable bonds is 8. The van der Waals surface area contributed by atoms with E-state index in [1.54, 1.807) is 49.2 Å². The fraction of sp³-hybridized carbons (Fsp3) is 0.222. The molecule has 3 amide bonds. The Labute approximate surface area is 199 Å². The van der Waals surface area contributed by atoms with E-state index in [-0.39, 0.29) is 24.5 Å². The molecule has 0 aliphatic rings. The zero-order chi connectivity index (χ0) is 24.5. The topological polar surface area (TPSA) is 87.7 Å². The van der Waals surface area contributed by atoms with Crippen LogP contribution >= 0.6 is 0 Å². The molecule has 7 nitrogen and oxygen atoms in total. The minimum absolute atomic E-state index is 0.126. The summed E-state index contributed by atoms with van der Waals surface area (Å²) < 4.78 is 5.20. The van der Waals surface area contributed by atoms with E-state index in [9.17, 15) is 14.4 Å². The molecule has 0 aliphatic heterocycles. The number of likely N-dealkylation sites (N-methyl/N-ethyl adjacent to an activating group) is 1. The number of amides is 3. The molecular weight excluding hydrogens is 430 g/mol. The van der Waals surface area contributed by atoms with E-state index < -0.39 is 12.1 Å². The average Bonchev–Trinajstić information content (AvgIpc) is 2.87. The van der Waals surface area contributed by atoms with Gasteiger partial charge in [0.2, 0.25) is 5.91 Å². The van der Waals surface area contributed by atoms with Gasteiger partial charge in [-0.25, -0.2) is 4.79 Å². The first kappa shape index (κ1) is 24.5. The Bertz CT molecular complexity index is 1120. The van der Waals surface area contributed by atoms with Crippen molar-refractivity contribution in [2.45, 2.75) is 32.5 Å². The monoisotopic (exact) mass is 459 g/mol. The van der Waals surface area contributed by atoms with Gasteiger partial charge in [-0.1, -0.05) is 60.7 Å². The number of anilines is 1. The Morgan fingerprint density at radius 2 is 1.53 bits per heavy atom. The second-order valence-corrected chi connectivity index (χ2v) is 8.00. The molecule has 2 N–H and O–H groups in total. The van der Waals surface area contributed by atoms with E-state index in [0.717, 1.165) is 11.1 Å². The number of ether oxygens (including phenoxy) is 1. The molecule has 7 heteroatoms. The maximum Gasteiger partial charge on any atom is 0.408 e. The molecule has 0 radical (unpaired) electrons. The van der Waals surface area contributed by atoms with Crippen LogP contribution in [0.15, 0.2) is 84.9 Å². The Hall–Kier alpha value is -4.13. The van der Waals surface area contributed by atoms with Crippen molar-refractivity contribution in [2.75, 3.05) is 12.4 Å². The summed E-state index contributed by atoms with van der Waals surface area (Å²) >= 11 is 0. The SMILES string of the molecule is C[C@H](NC(=O)OCc1ccccc1)C(=O)N(C)[C@H](C)c1cccc(NC(=O)c2ccccc2)c1. The normalized spacial score (nSPS) is 12.2. The second-order valence-electron chi connectivity index (χ2n) is 8.00. The lowest BCUT2D eigenvalue weighted by Crippen LogP contribution is -2.46. The third-order valence-electron chi connectivity index (χ3n) is 5.51. The molecule has 3 rings (SSSR count). The van der Waals surface area contributed by atoms with Gasteiger partial charge in [-0.2, -0.15) is 0 Å². The molecule has 0 spiro atoms. The lowest BCUT2D eigenvalue weighted by molar-refractivity contribution is -0.133. The highest BCUT2D eigenvalue weighted by Gasteiger charge is 2.24. The van der Waals surface area contributed by atoms with Crippen LogP contribution in [0.25, 0.3) is 0 Å². The highest BCUT2D eigenvalue weighted by atomic mass is 16.5. The van der Waals surface area contributed by atoms with E-state index in [1.807, 2.05) is 61.5 Å². The number of nitrogens with one attached hydrogen (secondary N) is 2. The molecule has 34 heavy (non-hydrogen) atoms. The van der Waals surface area contributed by atoms with Crippen molar-refractivity contribution in [1.82, 2.24) is 10.2 Å². The van der Waals surface area contributed by atoms with Crippen LogP contribution < -0.4 is 10.6 Å². The molecule has 0 aliphatic carbocycles. The number of hydrogen-bond acceptors (Lipinski definition) is 4. The van der Waals surface area contributed by atoms with Gasteiger partial charge in [0.1, 0.15) is 12.6 Å². The van der Waals surface area contributed by atoms with Crippen molar-refractivity contribution in [3.63, 3.8) is 0 Å². The molecule has 176 valence electrons. The van der Waals surface area contributed by atoms with Crippen LogP contribution in [0.4, 0.5) is 10.5 Å². The van der Waals surface area contributed by atoms with Crippen LogP contribution in [0.1, 0.15) is 41.4 Å². The van der Waals surface area contributed by atoms with Crippen molar-refractivity contribution in [2.24, 2.45) is 0 Å². The number of carbonyl (C=O) groups is 3. The van der Waals surface area contributed by atoms with Gasteiger partial charge in [-0.05, 0) is 49.2 Å². The van der Waals surface area contributed by atoms with Crippen LogP contribution in [0.5, 0.6) is 0 Å². The fourth-order valence-corrected chi connectivity index (χ4v) is 3.39. The maximum atomic E-state index is 12.9. The summed E-state index contributed by atoms with van der Waals surface area (Å²) in [4.78, 5) is 39.0. The molecule has 3 aromatic rings. The lowest BCUT2D eigenvalue weighted by atomic mass is 10.1. The van der Waals surface area contributed by atoms with Gasteiger partial charge in [0, 0.05) is 18.3 Å². The number of nitrogens with zero attached hydrogens (tertiary/aromatic N) is 1. The summed E-state index contributed by atoms with van der Waals surface area (Å²) in [5, 5.41) is 5.47. The maximum absolute atomic E-state index is 12.9. The minimum Gasteiger partial charge on any atom is -0.445 e. The highest BCUT2D eigenvalue weighted by Crippen LogP contribution is 2.23. The smallest absolute Gasteiger partial charge is 0.408 e. The van der Waals surface area contributed by atoms with Crippen molar-refractivity contribution in [3.05, 3.63) is 102 Å². The van der Waals surface area contributed by atoms with Gasteiger partial charge in [0.15, 0.2) is 0 Å². The van der Waals surface area contributed by atoms with Crippen LogP contribution in [0, 0.1) is 0 Å². The summed E-state index contributed by atoms with van der Waals surface area (Å²) in [6, 6.07) is 24.6. The summed E-state index contributed by atoms with van der Waals surface area (Å²) in [6.07, 6.45) is -0.656. The van der Waals surface area contributed by atoms with Gasteiger partial charge >= 0.3 is 6.09 Å². The molecule has 0 saturated heterocycles. The van der Waals surface area contributed by atoms with Crippen molar-refractivity contribution < 1.29 is 19.1 Å². The quantitative estimate of drug-likeness (QED) is 0.508. The molecular formula is C27H29N3O4. The third-order valence-corrected chi connectivity index (χ3v) is 5.51. The van der Waals surface area contributed by atoms with E-state index >= 15 is 0 Å². The molecule has 0 aromatic heterocycles. The lowest BCUT2D eigenvalue weighted by Gasteiger charge is -2.28. The van der Waals surface area contributed by atoms with Crippen LogP contribution in [0.2, 0.25) is 0 Å². The van der Waals surface area contributed by atoms with Crippen LogP contribution in [-0.4, -0.2) is 35.9 Å². The molecule has 3 aromatic carbocycles. The Morgan fingerprint density at radius 1 is 0.882 bits per heavy atom. The average molecular weight is 460 g/mol. The first-order valence-electron chi connectivity index (χ1n) is 11.1. The number of hydrogen-bond donors (Lipinski definition) is 2. The Kier molecular flexibility index (Phi) is 8.40. The Balaban J connectivity index is 1.56. The van der Waals surface area contributed by atoms with E-state index in [0.29, 0.717) is 11.3 Å². The molecule has 0 fully saturated rings. The highest BCUT2D eigenvalue weighted by molar-refractivity contribution is 6.04. The van der Waals surface area contributed by atoms with Crippen LogP contribution in [-0.2, 0) is 16.1 Å². The van der Waals surface area contributed by atoms with Crippen molar-refractivity contribution in [3.8, 4) is 0 Å². The van der Waals surface area contributed by atoms with Gasteiger partial charge in [-0.15, -0.1) is 0 Å². The number of alkyl carbamates (subject to hydrolysis) is 1. The van der Waals surface area contributed by atoms with E-state index in [4.69, 9.17) is 4.74 Å². The molecule has 0 bridgehead atoms. The first-order chi connectivity index (χ1) is 16.3. The van der Waals surface area contributed by atoms with Gasteiger partial charge < -0.3 is 20.3 Å². The summed E-state index contributed by atoms with van der Waals surface area (Å²) in [5.41, 5.74) is 2.91. The van der Waals surface area contributed by atoms with Crippen molar-refractivity contribution in [1.29, 1.82) is 0 Å². The molecule has 2 atom stereocenters. The summed E-state index contributed by atoms with van der Waals surface area (Å²) in [7, 11) is 1.68.